The molecule has 0 aliphatic rings. The predicted molar refractivity (Wildman–Crippen MR) is 94.6 cm³/mol. The number of pyridine rings is 1. The Labute approximate surface area is 138 Å². The largest absolute Gasteiger partial charge is 0.494 e. The summed E-state index contributed by atoms with van der Waals surface area (Å²) in [6.07, 6.45) is 7.89. The second kappa shape index (κ2) is 8.27. The topological polar surface area (TPSA) is 68.4 Å². The van der Waals surface area contributed by atoms with E-state index in [4.69, 9.17) is 10.5 Å². The summed E-state index contributed by atoms with van der Waals surface area (Å²) in [5.74, 6) is 0.853. The van der Waals surface area contributed by atoms with Crippen LogP contribution in [0.25, 0.3) is 10.9 Å². The van der Waals surface area contributed by atoms with Gasteiger partial charge in [-0.25, -0.2) is 0 Å². The molecule has 126 valence electrons. The summed E-state index contributed by atoms with van der Waals surface area (Å²) in [5.41, 5.74) is 7.00. The average molecular weight is 316 g/mol. The van der Waals surface area contributed by atoms with E-state index in [1.54, 1.807) is 13.1 Å². The average Bonchev–Trinajstić information content (AvgIpc) is 2.57. The number of rotatable bonds is 9. The summed E-state index contributed by atoms with van der Waals surface area (Å²) in [4.78, 5) is 4.45. The Balaban J connectivity index is 1.98. The smallest absolute Gasteiger partial charge is 0.121 e. The third-order valence-electron chi connectivity index (χ3n) is 4.16. The van der Waals surface area contributed by atoms with E-state index in [1.165, 1.54) is 25.7 Å². The van der Waals surface area contributed by atoms with Crippen molar-refractivity contribution in [3.8, 4) is 5.75 Å². The first-order valence-corrected chi connectivity index (χ1v) is 8.49. The lowest BCUT2D eigenvalue weighted by Gasteiger charge is -2.22. The van der Waals surface area contributed by atoms with Crippen LogP contribution >= 0.6 is 0 Å². The number of aliphatic hydroxyl groups is 1. The Morgan fingerprint density at radius 2 is 1.96 bits per heavy atom. The van der Waals surface area contributed by atoms with Crippen molar-refractivity contribution in [3.63, 3.8) is 0 Å². The molecule has 2 rings (SSSR count). The fourth-order valence-electron chi connectivity index (χ4n) is 2.49. The van der Waals surface area contributed by atoms with E-state index in [0.29, 0.717) is 0 Å². The SMILES string of the molecule is CCCCCCCOc1ccc2cc([C@@](C)(N)CO)cnc2c1. The number of aromatic nitrogens is 1. The summed E-state index contributed by atoms with van der Waals surface area (Å²) in [7, 11) is 0. The molecule has 4 heteroatoms. The van der Waals surface area contributed by atoms with Crippen molar-refractivity contribution in [2.75, 3.05) is 13.2 Å². The molecule has 0 bridgehead atoms. The number of hydrogen-bond donors (Lipinski definition) is 2. The molecule has 0 aliphatic heterocycles. The monoisotopic (exact) mass is 316 g/mol. The molecule has 4 nitrogen and oxygen atoms in total. The van der Waals surface area contributed by atoms with Gasteiger partial charge in [0.2, 0.25) is 0 Å². The Hall–Kier alpha value is -1.65. The number of nitrogens with two attached hydrogens (primary N) is 1. The summed E-state index contributed by atoms with van der Waals surface area (Å²) in [5, 5.41) is 10.4. The van der Waals surface area contributed by atoms with Gasteiger partial charge in [-0.2, -0.15) is 0 Å². The molecule has 1 aromatic carbocycles. The summed E-state index contributed by atoms with van der Waals surface area (Å²) >= 11 is 0. The molecule has 0 unspecified atom stereocenters. The molecule has 0 amide bonds. The first kappa shape index (κ1) is 17.7. The van der Waals surface area contributed by atoms with Crippen LogP contribution in [0.5, 0.6) is 5.75 Å². The second-order valence-corrected chi connectivity index (χ2v) is 6.42. The standard InChI is InChI=1S/C19H28N2O2/c1-3-4-5-6-7-10-23-17-9-8-15-11-16(19(2,20)14-22)13-21-18(15)12-17/h8-9,11-13,22H,3-7,10,14,20H2,1-2H3/t19-/m0/s1. The minimum atomic E-state index is -0.769. The zero-order valence-corrected chi connectivity index (χ0v) is 14.2. The highest BCUT2D eigenvalue weighted by molar-refractivity contribution is 5.80. The molecule has 1 heterocycles. The number of hydrogen-bond acceptors (Lipinski definition) is 4. The van der Waals surface area contributed by atoms with Crippen LogP contribution in [-0.4, -0.2) is 23.3 Å². The predicted octanol–water partition coefficient (Wildman–Crippen LogP) is 3.75. The van der Waals surface area contributed by atoms with Crippen LogP contribution in [0.3, 0.4) is 0 Å². The molecule has 23 heavy (non-hydrogen) atoms. The van der Waals surface area contributed by atoms with E-state index in [2.05, 4.69) is 11.9 Å². The van der Waals surface area contributed by atoms with E-state index < -0.39 is 5.54 Å². The Kier molecular flexibility index (Phi) is 6.37. The number of fused-ring (bicyclic) bond motifs is 1. The van der Waals surface area contributed by atoms with E-state index in [9.17, 15) is 5.11 Å². The van der Waals surface area contributed by atoms with Gasteiger partial charge in [-0.15, -0.1) is 0 Å². The zero-order chi connectivity index (χ0) is 16.7. The van der Waals surface area contributed by atoms with E-state index in [0.717, 1.165) is 35.2 Å². The lowest BCUT2D eigenvalue weighted by Crippen LogP contribution is -2.37. The van der Waals surface area contributed by atoms with Crippen LogP contribution in [0.15, 0.2) is 30.5 Å². The second-order valence-electron chi connectivity index (χ2n) is 6.42. The van der Waals surface area contributed by atoms with Crippen LogP contribution in [-0.2, 0) is 5.54 Å². The molecule has 0 saturated carbocycles. The highest BCUT2D eigenvalue weighted by Gasteiger charge is 2.20. The van der Waals surface area contributed by atoms with E-state index >= 15 is 0 Å². The highest BCUT2D eigenvalue weighted by atomic mass is 16.5. The van der Waals surface area contributed by atoms with Crippen molar-refractivity contribution >= 4 is 10.9 Å². The molecule has 0 aliphatic carbocycles. The van der Waals surface area contributed by atoms with Gasteiger partial charge in [-0.1, -0.05) is 32.6 Å². The molecule has 0 radical (unpaired) electrons. The van der Waals surface area contributed by atoms with E-state index in [-0.39, 0.29) is 6.61 Å². The molecule has 0 spiro atoms. The number of aliphatic hydroxyl groups excluding tert-OH is 1. The molecule has 1 aromatic heterocycles. The molecule has 0 saturated heterocycles. The van der Waals surface area contributed by atoms with Crippen molar-refractivity contribution in [2.24, 2.45) is 5.73 Å². The number of nitrogens with zero attached hydrogens (tertiary/aromatic N) is 1. The van der Waals surface area contributed by atoms with Crippen molar-refractivity contribution < 1.29 is 9.84 Å². The van der Waals surface area contributed by atoms with Gasteiger partial charge < -0.3 is 15.6 Å². The number of benzene rings is 1. The van der Waals surface area contributed by atoms with Gasteiger partial charge >= 0.3 is 0 Å². The molecular weight excluding hydrogens is 288 g/mol. The molecular formula is C19H28N2O2. The fraction of sp³-hybridized carbons (Fsp3) is 0.526. The van der Waals surface area contributed by atoms with Crippen LogP contribution in [0.1, 0.15) is 51.5 Å². The van der Waals surface area contributed by atoms with Gasteiger partial charge in [-0.05, 0) is 37.1 Å². The minimum Gasteiger partial charge on any atom is -0.494 e. The van der Waals surface area contributed by atoms with E-state index in [1.807, 2.05) is 24.3 Å². The van der Waals surface area contributed by atoms with Crippen LogP contribution < -0.4 is 10.5 Å². The van der Waals surface area contributed by atoms with Gasteiger partial charge in [0.05, 0.1) is 24.3 Å². The first-order chi connectivity index (χ1) is 11.1. The van der Waals surface area contributed by atoms with Crippen LogP contribution in [0, 0.1) is 0 Å². The summed E-state index contributed by atoms with van der Waals surface area (Å²) in [6.45, 7) is 4.65. The maximum Gasteiger partial charge on any atom is 0.121 e. The molecule has 1 atom stereocenters. The third kappa shape index (κ3) is 4.91. The van der Waals surface area contributed by atoms with Gasteiger partial charge in [0.15, 0.2) is 0 Å². The Morgan fingerprint density at radius 1 is 1.17 bits per heavy atom. The summed E-state index contributed by atoms with van der Waals surface area (Å²) in [6, 6.07) is 7.89. The van der Waals surface area contributed by atoms with Gasteiger partial charge in [0.1, 0.15) is 5.75 Å². The van der Waals surface area contributed by atoms with Crippen molar-refractivity contribution in [1.29, 1.82) is 0 Å². The summed E-state index contributed by atoms with van der Waals surface area (Å²) < 4.78 is 5.81. The Bertz CT molecular complexity index is 626. The lowest BCUT2D eigenvalue weighted by molar-refractivity contribution is 0.210. The Morgan fingerprint density at radius 3 is 2.70 bits per heavy atom. The highest BCUT2D eigenvalue weighted by Crippen LogP contribution is 2.24. The normalized spacial score (nSPS) is 13.9. The third-order valence-corrected chi connectivity index (χ3v) is 4.16. The van der Waals surface area contributed by atoms with Crippen molar-refractivity contribution in [3.05, 3.63) is 36.0 Å². The number of unbranched alkanes of at least 4 members (excludes halogenated alkanes) is 4. The maximum atomic E-state index is 9.37. The minimum absolute atomic E-state index is 0.112. The lowest BCUT2D eigenvalue weighted by atomic mass is 9.95. The van der Waals surface area contributed by atoms with Crippen molar-refractivity contribution in [2.45, 2.75) is 51.5 Å². The molecule has 0 fully saturated rings. The van der Waals surface area contributed by atoms with Gasteiger partial charge in [-0.3, -0.25) is 4.98 Å². The van der Waals surface area contributed by atoms with Crippen molar-refractivity contribution in [1.82, 2.24) is 4.98 Å². The van der Waals surface area contributed by atoms with Crippen LogP contribution in [0.2, 0.25) is 0 Å². The molecule has 2 aromatic rings. The first-order valence-electron chi connectivity index (χ1n) is 8.49. The van der Waals surface area contributed by atoms with Crippen LogP contribution in [0.4, 0.5) is 0 Å². The van der Waals surface area contributed by atoms with Gasteiger partial charge in [0, 0.05) is 17.6 Å². The molecule has 3 N–H and O–H groups in total. The quantitative estimate of drug-likeness (QED) is 0.691. The maximum absolute atomic E-state index is 9.37. The zero-order valence-electron chi connectivity index (χ0n) is 14.2. The number of ether oxygens (including phenoxy) is 1. The fourth-order valence-corrected chi connectivity index (χ4v) is 2.49. The van der Waals surface area contributed by atoms with Gasteiger partial charge in [0.25, 0.3) is 0 Å².